The summed E-state index contributed by atoms with van der Waals surface area (Å²) in [7, 11) is 0. The number of nitrogens with zero attached hydrogens (tertiary/aromatic N) is 1. The van der Waals surface area contributed by atoms with E-state index in [1.807, 2.05) is 6.92 Å². The van der Waals surface area contributed by atoms with Crippen molar-refractivity contribution in [3.63, 3.8) is 0 Å². The molecule has 0 fully saturated rings. The lowest BCUT2D eigenvalue weighted by atomic mass is 10.1. The third-order valence-corrected chi connectivity index (χ3v) is 2.84. The Labute approximate surface area is 104 Å². The summed E-state index contributed by atoms with van der Waals surface area (Å²) in [6.07, 6.45) is 3.30. The predicted molar refractivity (Wildman–Crippen MR) is 67.7 cm³/mol. The molecule has 1 N–H and O–H groups in total. The van der Waals surface area contributed by atoms with E-state index in [1.165, 1.54) is 12.1 Å². The zero-order chi connectivity index (χ0) is 12.3. The fourth-order valence-corrected chi connectivity index (χ4v) is 1.71. The summed E-state index contributed by atoms with van der Waals surface area (Å²) in [6, 6.07) is 8.14. The van der Waals surface area contributed by atoms with Gasteiger partial charge in [-0.1, -0.05) is 23.7 Å². The molecule has 2 rings (SSSR count). The minimum Gasteiger partial charge on any atom is -0.376 e. The summed E-state index contributed by atoms with van der Waals surface area (Å²) in [5.41, 5.74) is 1.76. The second kappa shape index (κ2) is 5.15. The Kier molecular flexibility index (Phi) is 3.59. The van der Waals surface area contributed by atoms with Crippen LogP contribution in [0, 0.1) is 5.82 Å². The molecular weight excluding hydrogens is 239 g/mol. The van der Waals surface area contributed by atoms with Crippen molar-refractivity contribution in [2.24, 2.45) is 0 Å². The Morgan fingerprint density at radius 2 is 1.94 bits per heavy atom. The lowest BCUT2D eigenvalue weighted by Crippen LogP contribution is -2.07. The molecule has 0 saturated heterocycles. The highest BCUT2D eigenvalue weighted by atomic mass is 35.5. The Hall–Kier alpha value is -1.61. The number of aromatic nitrogens is 1. The van der Waals surface area contributed by atoms with Crippen molar-refractivity contribution in [3.8, 4) is 0 Å². The van der Waals surface area contributed by atoms with Crippen LogP contribution in [0.15, 0.2) is 42.7 Å². The van der Waals surface area contributed by atoms with Crippen LogP contribution in [0.1, 0.15) is 18.5 Å². The van der Waals surface area contributed by atoms with Gasteiger partial charge in [-0.2, -0.15) is 0 Å². The minimum atomic E-state index is -0.236. The van der Waals surface area contributed by atoms with Crippen LogP contribution in [0.5, 0.6) is 0 Å². The minimum absolute atomic E-state index is 0.0392. The van der Waals surface area contributed by atoms with Crippen molar-refractivity contribution in [2.45, 2.75) is 13.0 Å². The number of pyridine rings is 1. The topological polar surface area (TPSA) is 24.9 Å². The van der Waals surface area contributed by atoms with E-state index in [0.29, 0.717) is 5.02 Å². The van der Waals surface area contributed by atoms with Gasteiger partial charge >= 0.3 is 0 Å². The van der Waals surface area contributed by atoms with E-state index in [9.17, 15) is 4.39 Å². The van der Waals surface area contributed by atoms with Crippen molar-refractivity contribution in [1.82, 2.24) is 4.98 Å². The first-order valence-corrected chi connectivity index (χ1v) is 5.66. The van der Waals surface area contributed by atoms with E-state index in [2.05, 4.69) is 10.3 Å². The molecule has 0 aliphatic heterocycles. The maximum Gasteiger partial charge on any atom is 0.123 e. The van der Waals surface area contributed by atoms with Gasteiger partial charge in [-0.3, -0.25) is 4.98 Å². The molecule has 0 saturated carbocycles. The van der Waals surface area contributed by atoms with Crippen molar-refractivity contribution in [2.75, 3.05) is 5.32 Å². The van der Waals surface area contributed by atoms with E-state index < -0.39 is 0 Å². The molecule has 1 heterocycles. The zero-order valence-electron chi connectivity index (χ0n) is 9.32. The molecule has 0 aliphatic carbocycles. The van der Waals surface area contributed by atoms with E-state index in [-0.39, 0.29) is 11.9 Å². The van der Waals surface area contributed by atoms with Gasteiger partial charge in [-0.25, -0.2) is 4.39 Å². The van der Waals surface area contributed by atoms with Gasteiger partial charge in [0.25, 0.3) is 0 Å². The second-order valence-electron chi connectivity index (χ2n) is 3.77. The summed E-state index contributed by atoms with van der Waals surface area (Å²) in [6.45, 7) is 1.98. The highest BCUT2D eigenvalue weighted by molar-refractivity contribution is 6.33. The molecule has 88 valence electrons. The summed E-state index contributed by atoms with van der Waals surface area (Å²) in [5.74, 6) is -0.236. The Balaban J connectivity index is 2.14. The first-order chi connectivity index (χ1) is 8.16. The number of hydrogen-bond donors (Lipinski definition) is 1. The SMILES string of the molecule is CC(Nc1cnccc1Cl)c1ccc(F)cc1. The standard InChI is InChI=1S/C13H12ClFN2/c1-9(10-2-4-11(15)5-3-10)17-13-8-16-7-6-12(13)14/h2-9,17H,1H3. The number of hydrogen-bond acceptors (Lipinski definition) is 2. The Morgan fingerprint density at radius 1 is 1.24 bits per heavy atom. The molecule has 0 radical (unpaired) electrons. The molecule has 0 aliphatic rings. The Morgan fingerprint density at radius 3 is 2.59 bits per heavy atom. The molecule has 1 unspecified atom stereocenters. The van der Waals surface area contributed by atoms with Crippen LogP contribution in [0.4, 0.5) is 10.1 Å². The predicted octanol–water partition coefficient (Wildman–Crippen LogP) is 4.05. The van der Waals surface area contributed by atoms with E-state index in [4.69, 9.17) is 11.6 Å². The molecule has 2 aromatic rings. The average molecular weight is 251 g/mol. The van der Waals surface area contributed by atoms with Gasteiger partial charge < -0.3 is 5.32 Å². The Bertz CT molecular complexity index is 499. The third-order valence-electron chi connectivity index (χ3n) is 2.51. The molecular formula is C13H12ClFN2. The largest absolute Gasteiger partial charge is 0.376 e. The molecule has 4 heteroatoms. The lowest BCUT2D eigenvalue weighted by molar-refractivity contribution is 0.626. The normalized spacial score (nSPS) is 12.2. The van der Waals surface area contributed by atoms with Crippen LogP contribution in [0.25, 0.3) is 0 Å². The number of anilines is 1. The third kappa shape index (κ3) is 2.94. The summed E-state index contributed by atoms with van der Waals surface area (Å²) < 4.78 is 12.8. The smallest absolute Gasteiger partial charge is 0.123 e. The van der Waals surface area contributed by atoms with Crippen LogP contribution < -0.4 is 5.32 Å². The van der Waals surface area contributed by atoms with Crippen molar-refractivity contribution < 1.29 is 4.39 Å². The van der Waals surface area contributed by atoms with E-state index in [0.717, 1.165) is 11.3 Å². The second-order valence-corrected chi connectivity index (χ2v) is 4.18. The average Bonchev–Trinajstić information content (AvgIpc) is 2.33. The van der Waals surface area contributed by atoms with Gasteiger partial charge in [0.2, 0.25) is 0 Å². The number of nitrogens with one attached hydrogen (secondary N) is 1. The van der Waals surface area contributed by atoms with Crippen LogP contribution in [0.2, 0.25) is 5.02 Å². The van der Waals surface area contributed by atoms with Gasteiger partial charge in [0, 0.05) is 12.2 Å². The highest BCUT2D eigenvalue weighted by Crippen LogP contribution is 2.24. The van der Waals surface area contributed by atoms with Crippen molar-refractivity contribution in [1.29, 1.82) is 0 Å². The van der Waals surface area contributed by atoms with Crippen LogP contribution in [-0.2, 0) is 0 Å². The number of benzene rings is 1. The molecule has 0 spiro atoms. The molecule has 1 aromatic heterocycles. The summed E-state index contributed by atoms with van der Waals surface area (Å²) >= 11 is 6.02. The van der Waals surface area contributed by atoms with Gasteiger partial charge in [0.15, 0.2) is 0 Å². The quantitative estimate of drug-likeness (QED) is 0.889. The molecule has 2 nitrogen and oxygen atoms in total. The first kappa shape index (κ1) is 11.9. The zero-order valence-corrected chi connectivity index (χ0v) is 10.1. The van der Waals surface area contributed by atoms with Crippen molar-refractivity contribution in [3.05, 3.63) is 59.1 Å². The fourth-order valence-electron chi connectivity index (χ4n) is 1.55. The van der Waals surface area contributed by atoms with Crippen LogP contribution in [-0.4, -0.2) is 4.98 Å². The maximum atomic E-state index is 12.8. The fraction of sp³-hybridized carbons (Fsp3) is 0.154. The first-order valence-electron chi connectivity index (χ1n) is 5.28. The van der Waals surface area contributed by atoms with Gasteiger partial charge in [0.05, 0.1) is 16.9 Å². The van der Waals surface area contributed by atoms with E-state index >= 15 is 0 Å². The molecule has 1 atom stereocenters. The number of rotatable bonds is 3. The lowest BCUT2D eigenvalue weighted by Gasteiger charge is -2.16. The number of halogens is 2. The summed E-state index contributed by atoms with van der Waals surface area (Å²) in [5, 5.41) is 3.85. The van der Waals surface area contributed by atoms with Crippen molar-refractivity contribution >= 4 is 17.3 Å². The van der Waals surface area contributed by atoms with Gasteiger partial charge in [-0.05, 0) is 30.7 Å². The monoisotopic (exact) mass is 250 g/mol. The maximum absolute atomic E-state index is 12.8. The molecule has 17 heavy (non-hydrogen) atoms. The van der Waals surface area contributed by atoms with E-state index in [1.54, 1.807) is 30.6 Å². The van der Waals surface area contributed by atoms with Gasteiger partial charge in [0.1, 0.15) is 5.82 Å². The van der Waals surface area contributed by atoms with Crippen LogP contribution >= 0.6 is 11.6 Å². The summed E-state index contributed by atoms with van der Waals surface area (Å²) in [4.78, 5) is 4.00. The molecule has 0 amide bonds. The molecule has 0 bridgehead atoms. The molecule has 1 aromatic carbocycles. The highest BCUT2D eigenvalue weighted by Gasteiger charge is 2.07. The van der Waals surface area contributed by atoms with Gasteiger partial charge in [-0.15, -0.1) is 0 Å². The van der Waals surface area contributed by atoms with Crippen LogP contribution in [0.3, 0.4) is 0 Å².